The van der Waals surface area contributed by atoms with Crippen LogP contribution in [0.2, 0.25) is 0 Å². The molecule has 16 heavy (non-hydrogen) atoms. The maximum absolute atomic E-state index is 11.1. The van der Waals surface area contributed by atoms with Crippen LogP contribution in [0.4, 0.5) is 5.69 Å². The van der Waals surface area contributed by atoms with Gasteiger partial charge in [-0.25, -0.2) is 0 Å². The summed E-state index contributed by atoms with van der Waals surface area (Å²) in [5, 5.41) is 12.4. The summed E-state index contributed by atoms with van der Waals surface area (Å²) < 4.78 is 0. The van der Waals surface area contributed by atoms with Crippen LogP contribution in [0.1, 0.15) is 23.2 Å². The lowest BCUT2D eigenvalue weighted by molar-refractivity contribution is 0.100. The number of benzene rings is 1. The van der Waals surface area contributed by atoms with Gasteiger partial charge in [-0.3, -0.25) is 4.79 Å². The molecule has 1 aromatic rings. The van der Waals surface area contributed by atoms with E-state index in [4.69, 9.17) is 17.3 Å². The predicted molar refractivity (Wildman–Crippen MR) is 64.5 cm³/mol. The Labute approximate surface area is 99.4 Å². The highest BCUT2D eigenvalue weighted by atomic mass is 35.5. The fourth-order valence-electron chi connectivity index (χ4n) is 1.35. The summed E-state index contributed by atoms with van der Waals surface area (Å²) in [4.78, 5) is 11.1. The highest BCUT2D eigenvalue weighted by molar-refractivity contribution is 6.17. The number of primary amides is 1. The zero-order valence-corrected chi connectivity index (χ0v) is 9.57. The third-order valence-electron chi connectivity index (χ3n) is 2.13. The quantitative estimate of drug-likeness (QED) is 0.523. The number of carbonyl (C=O) groups is 1. The molecule has 4 N–H and O–H groups in total. The smallest absolute Gasteiger partial charge is 0.250 e. The number of para-hydroxylation sites is 1. The van der Waals surface area contributed by atoms with Gasteiger partial charge in [0.1, 0.15) is 6.23 Å². The summed E-state index contributed by atoms with van der Waals surface area (Å²) >= 11 is 5.52. The molecule has 4 nitrogen and oxygen atoms in total. The van der Waals surface area contributed by atoms with Crippen LogP contribution < -0.4 is 11.1 Å². The number of carbonyl (C=O) groups excluding carboxylic acids is 1. The largest absolute Gasteiger partial charge is 0.374 e. The molecular weight excluding hydrogens is 228 g/mol. The van der Waals surface area contributed by atoms with Crippen molar-refractivity contribution in [3.05, 3.63) is 29.8 Å². The standard InChI is InChI=1S/C11H15ClN2O2/c12-7-3-6-10(15)14-9-5-2-1-4-8(9)11(13)16/h1-2,4-5,10,14-15H,3,6-7H2,(H2,13,16). The minimum absolute atomic E-state index is 0.368. The molecular formula is C11H15ClN2O2. The molecule has 1 unspecified atom stereocenters. The first kappa shape index (κ1) is 12.8. The maximum Gasteiger partial charge on any atom is 0.250 e. The van der Waals surface area contributed by atoms with E-state index < -0.39 is 12.1 Å². The molecule has 1 amide bonds. The summed E-state index contributed by atoms with van der Waals surface area (Å²) in [6.45, 7) is 0. The molecule has 0 aliphatic heterocycles. The number of hydrogen-bond acceptors (Lipinski definition) is 3. The van der Waals surface area contributed by atoms with Crippen LogP contribution in [-0.4, -0.2) is 23.1 Å². The molecule has 1 atom stereocenters. The number of aliphatic hydroxyl groups excluding tert-OH is 1. The van der Waals surface area contributed by atoms with Crippen molar-refractivity contribution >= 4 is 23.2 Å². The van der Waals surface area contributed by atoms with Gasteiger partial charge < -0.3 is 16.2 Å². The average molecular weight is 243 g/mol. The Morgan fingerprint density at radius 3 is 2.81 bits per heavy atom. The van der Waals surface area contributed by atoms with E-state index in [1.807, 2.05) is 0 Å². The summed E-state index contributed by atoms with van der Waals surface area (Å²) in [6.07, 6.45) is 0.504. The molecule has 0 radical (unpaired) electrons. The number of nitrogens with one attached hydrogen (secondary N) is 1. The lowest BCUT2D eigenvalue weighted by Crippen LogP contribution is -2.22. The predicted octanol–water partition coefficient (Wildman–Crippen LogP) is 1.53. The van der Waals surface area contributed by atoms with Crippen LogP contribution in [0.15, 0.2) is 24.3 Å². The number of rotatable bonds is 6. The lowest BCUT2D eigenvalue weighted by atomic mass is 10.1. The number of amides is 1. The van der Waals surface area contributed by atoms with Gasteiger partial charge >= 0.3 is 0 Å². The Hall–Kier alpha value is -1.26. The van der Waals surface area contributed by atoms with Crippen molar-refractivity contribution in [2.45, 2.75) is 19.1 Å². The summed E-state index contributed by atoms with van der Waals surface area (Å²) in [5.74, 6) is -0.0245. The number of nitrogens with two attached hydrogens (primary N) is 1. The molecule has 0 saturated carbocycles. The highest BCUT2D eigenvalue weighted by Crippen LogP contribution is 2.16. The van der Waals surface area contributed by atoms with Gasteiger partial charge in [0.25, 0.3) is 5.91 Å². The molecule has 88 valence electrons. The van der Waals surface area contributed by atoms with E-state index in [1.165, 1.54) is 0 Å². The minimum Gasteiger partial charge on any atom is -0.374 e. The normalized spacial score (nSPS) is 12.1. The zero-order chi connectivity index (χ0) is 12.0. The van der Waals surface area contributed by atoms with E-state index in [2.05, 4.69) is 5.32 Å². The third-order valence-corrected chi connectivity index (χ3v) is 2.39. The van der Waals surface area contributed by atoms with E-state index in [1.54, 1.807) is 24.3 Å². The Balaban J connectivity index is 2.69. The molecule has 0 fully saturated rings. The molecule has 5 heteroatoms. The van der Waals surface area contributed by atoms with Gasteiger partial charge in [-0.2, -0.15) is 0 Å². The van der Waals surface area contributed by atoms with Gasteiger partial charge in [0.15, 0.2) is 0 Å². The zero-order valence-electron chi connectivity index (χ0n) is 8.82. The first-order valence-corrected chi connectivity index (χ1v) is 5.58. The number of anilines is 1. The minimum atomic E-state index is -0.723. The van der Waals surface area contributed by atoms with E-state index >= 15 is 0 Å². The average Bonchev–Trinajstić information content (AvgIpc) is 2.27. The number of halogens is 1. The van der Waals surface area contributed by atoms with E-state index in [0.717, 1.165) is 0 Å². The summed E-state index contributed by atoms with van der Waals surface area (Å²) in [7, 11) is 0. The first-order chi connectivity index (χ1) is 7.65. The second-order valence-electron chi connectivity index (χ2n) is 3.40. The Kier molecular flexibility index (Phi) is 5.08. The SMILES string of the molecule is NC(=O)c1ccccc1NC(O)CCCCl. The molecule has 0 bridgehead atoms. The van der Waals surface area contributed by atoms with Gasteiger partial charge in [0, 0.05) is 11.6 Å². The summed E-state index contributed by atoms with van der Waals surface area (Å²) in [6, 6.07) is 6.79. The van der Waals surface area contributed by atoms with Crippen LogP contribution in [0, 0.1) is 0 Å². The number of hydrogen-bond donors (Lipinski definition) is 3. The second-order valence-corrected chi connectivity index (χ2v) is 3.78. The van der Waals surface area contributed by atoms with Crippen LogP contribution in [-0.2, 0) is 0 Å². The monoisotopic (exact) mass is 242 g/mol. The Morgan fingerprint density at radius 2 is 2.19 bits per heavy atom. The molecule has 0 aromatic heterocycles. The van der Waals surface area contributed by atoms with Gasteiger partial charge in [0.05, 0.1) is 5.56 Å². The van der Waals surface area contributed by atoms with E-state index in [-0.39, 0.29) is 0 Å². The van der Waals surface area contributed by atoms with Crippen molar-refractivity contribution in [3.63, 3.8) is 0 Å². The van der Waals surface area contributed by atoms with Gasteiger partial charge in [-0.05, 0) is 25.0 Å². The maximum atomic E-state index is 11.1. The summed E-state index contributed by atoms with van der Waals surface area (Å²) in [5.41, 5.74) is 6.12. The molecule has 0 saturated heterocycles. The fourth-order valence-corrected chi connectivity index (χ4v) is 1.50. The van der Waals surface area contributed by atoms with Crippen molar-refractivity contribution in [2.75, 3.05) is 11.2 Å². The van der Waals surface area contributed by atoms with Crippen molar-refractivity contribution in [1.82, 2.24) is 0 Å². The number of alkyl halides is 1. The molecule has 0 aliphatic carbocycles. The molecule has 0 heterocycles. The molecule has 1 rings (SSSR count). The van der Waals surface area contributed by atoms with Crippen LogP contribution in [0.25, 0.3) is 0 Å². The third kappa shape index (κ3) is 3.72. The van der Waals surface area contributed by atoms with E-state index in [9.17, 15) is 9.90 Å². The van der Waals surface area contributed by atoms with Crippen LogP contribution in [0.3, 0.4) is 0 Å². The Bertz CT molecular complexity index is 358. The highest BCUT2D eigenvalue weighted by Gasteiger charge is 2.10. The lowest BCUT2D eigenvalue weighted by Gasteiger charge is -2.15. The van der Waals surface area contributed by atoms with Crippen molar-refractivity contribution < 1.29 is 9.90 Å². The molecule has 1 aromatic carbocycles. The van der Waals surface area contributed by atoms with Crippen LogP contribution in [0.5, 0.6) is 0 Å². The Morgan fingerprint density at radius 1 is 1.50 bits per heavy atom. The van der Waals surface area contributed by atoms with Gasteiger partial charge in [-0.15, -0.1) is 11.6 Å². The second kappa shape index (κ2) is 6.35. The van der Waals surface area contributed by atoms with Crippen molar-refractivity contribution in [3.8, 4) is 0 Å². The molecule has 0 aliphatic rings. The van der Waals surface area contributed by atoms with Crippen LogP contribution >= 0.6 is 11.6 Å². The topological polar surface area (TPSA) is 75.4 Å². The fraction of sp³-hybridized carbons (Fsp3) is 0.364. The van der Waals surface area contributed by atoms with Gasteiger partial charge in [0.2, 0.25) is 0 Å². The van der Waals surface area contributed by atoms with E-state index in [0.29, 0.717) is 30.0 Å². The van der Waals surface area contributed by atoms with Gasteiger partial charge in [-0.1, -0.05) is 12.1 Å². The number of aliphatic hydroxyl groups is 1. The first-order valence-electron chi connectivity index (χ1n) is 5.04. The van der Waals surface area contributed by atoms with Crippen molar-refractivity contribution in [1.29, 1.82) is 0 Å². The van der Waals surface area contributed by atoms with Crippen molar-refractivity contribution in [2.24, 2.45) is 5.73 Å². The molecule has 0 spiro atoms.